The summed E-state index contributed by atoms with van der Waals surface area (Å²) in [6.45, 7) is 8.73. The Labute approximate surface area is 184 Å². The zero-order chi connectivity index (χ0) is 21.7. The van der Waals surface area contributed by atoms with Crippen LogP contribution in [0.15, 0.2) is 0 Å². The molecule has 3 nitrogen and oxygen atoms in total. The van der Waals surface area contributed by atoms with E-state index >= 15 is 0 Å². The number of rotatable bonds is 1. The molecule has 0 aromatic rings. The summed E-state index contributed by atoms with van der Waals surface area (Å²) in [5.74, 6) is 0. The summed E-state index contributed by atoms with van der Waals surface area (Å²) in [6.07, 6.45) is -0.407. The number of halogens is 12. The molecule has 0 aliphatic rings. The predicted molar refractivity (Wildman–Crippen MR) is 69.9 cm³/mol. The Morgan fingerprint density at radius 1 is 0.769 bits per heavy atom. The van der Waals surface area contributed by atoms with Crippen LogP contribution in [0.4, 0.5) is 56.6 Å². The first-order valence-corrected chi connectivity index (χ1v) is 5.85. The number of hydrogen-bond donors (Lipinski definition) is 1. The number of alkyl carbamates (subject to hydrolysis) is 1. The number of amides is 1. The Kier molecular flexibility index (Phi) is 23.2. The van der Waals surface area contributed by atoms with E-state index in [-0.39, 0.29) is 51.4 Å². The summed E-state index contributed by atoms with van der Waals surface area (Å²) in [5.41, 5.74) is -0.410. The third-order valence-corrected chi connectivity index (χ3v) is 0.661. The van der Waals surface area contributed by atoms with Gasteiger partial charge in [-0.15, -0.1) is 0 Å². The van der Waals surface area contributed by atoms with Crippen molar-refractivity contribution in [2.75, 3.05) is 0 Å². The third kappa shape index (κ3) is 192. The zero-order valence-electron chi connectivity index (χ0n) is 14.2. The minimum absolute atomic E-state index is 0. The summed E-state index contributed by atoms with van der Waals surface area (Å²) in [7, 11) is -18.0. The van der Waals surface area contributed by atoms with Gasteiger partial charge in [0, 0.05) is 0 Å². The fraction of sp³-hybridized carbons (Fsp3) is 0.714. The van der Waals surface area contributed by atoms with Gasteiger partial charge in [0.25, 0.3) is 0 Å². The van der Waals surface area contributed by atoms with Gasteiger partial charge in [0.05, 0.1) is 0 Å². The van der Waals surface area contributed by atoms with Gasteiger partial charge in [0.15, 0.2) is 0 Å². The van der Waals surface area contributed by atoms with Crippen molar-refractivity contribution in [2.45, 2.75) is 33.3 Å². The van der Waals surface area contributed by atoms with E-state index in [1.54, 1.807) is 6.92 Å². The quantitative estimate of drug-likeness (QED) is 0.384. The molecule has 1 amide bonds. The van der Waals surface area contributed by atoms with Crippen LogP contribution in [-0.2, 0) is 4.74 Å². The molecule has 0 saturated carbocycles. The number of hydrogen-bond acceptors (Lipinski definition) is 2. The molecule has 0 saturated heterocycles. The van der Waals surface area contributed by atoms with Crippen LogP contribution in [0.5, 0.6) is 0 Å². The molecule has 0 atom stereocenters. The van der Waals surface area contributed by atoms with Crippen LogP contribution in [0, 0.1) is 6.54 Å². The first-order valence-electron chi connectivity index (χ1n) is 5.85. The van der Waals surface area contributed by atoms with E-state index in [1.165, 1.54) is 6.54 Å². The van der Waals surface area contributed by atoms with Gasteiger partial charge in [-0.3, -0.25) is 0 Å². The van der Waals surface area contributed by atoms with Crippen LogP contribution < -0.4 is 56.7 Å². The van der Waals surface area contributed by atoms with Crippen LogP contribution >= 0.6 is 0 Å². The van der Waals surface area contributed by atoms with Gasteiger partial charge >= 0.3 is 79.2 Å². The summed E-state index contributed by atoms with van der Waals surface area (Å²) in [4.78, 5) is 10.7. The van der Waals surface area contributed by atoms with Crippen molar-refractivity contribution < 1.29 is 113 Å². The molecule has 0 aromatic carbocycles. The van der Waals surface area contributed by atoms with Crippen LogP contribution in [0.3, 0.4) is 0 Å². The average molecular weight is 444 g/mol. The smallest absolute Gasteiger partial charge is 0.471 e. The van der Waals surface area contributed by atoms with Gasteiger partial charge in [0.1, 0.15) is 5.60 Å². The van der Waals surface area contributed by atoms with Crippen molar-refractivity contribution >= 4 is 27.9 Å². The normalized spacial score (nSPS) is 11.1. The summed E-state index contributed by atoms with van der Waals surface area (Å²) < 4.78 is 122. The van der Waals surface area contributed by atoms with Gasteiger partial charge in [-0.1, -0.05) is 0 Å². The van der Waals surface area contributed by atoms with Crippen molar-refractivity contribution in [3.05, 3.63) is 6.54 Å². The Morgan fingerprint density at radius 3 is 1.08 bits per heavy atom. The van der Waals surface area contributed by atoms with Crippen molar-refractivity contribution in [1.82, 2.24) is 5.32 Å². The standard InChI is InChI=1S/C7H14NO2.3BF4.K/c1-5-8-6(9)10-7(2,3)4;3*2-1(3,4)5;/h5H,1-4H3,(H,8,9);;;;/q4*-1;+1. The molecule has 156 valence electrons. The average Bonchev–Trinajstić information content (AvgIpc) is 2.04. The number of ether oxygens (including phenoxy) is 1. The van der Waals surface area contributed by atoms with E-state index in [0.717, 1.165) is 0 Å². The maximum absolute atomic E-state index is 10.7. The molecule has 0 aliphatic heterocycles. The maximum atomic E-state index is 10.7. The van der Waals surface area contributed by atoms with Crippen LogP contribution in [0.25, 0.3) is 0 Å². The Bertz CT molecular complexity index is 297. The molecule has 0 aromatic heterocycles. The molecular weight excluding hydrogens is 430 g/mol. The number of carbonyl (C=O) groups is 1. The topological polar surface area (TPSA) is 38.3 Å². The van der Waals surface area contributed by atoms with E-state index in [2.05, 4.69) is 5.32 Å². The maximum Gasteiger partial charge on any atom is 1.00 e. The summed E-state index contributed by atoms with van der Waals surface area (Å²) >= 11 is 0. The Morgan fingerprint density at radius 2 is 0.962 bits per heavy atom. The fourth-order valence-corrected chi connectivity index (χ4v) is 0.425. The van der Waals surface area contributed by atoms with Crippen molar-refractivity contribution in [2.24, 2.45) is 0 Å². The summed E-state index contributed by atoms with van der Waals surface area (Å²) in [6, 6.07) is 0. The molecule has 26 heavy (non-hydrogen) atoms. The van der Waals surface area contributed by atoms with Gasteiger partial charge in [-0.2, -0.15) is 6.92 Å². The first-order chi connectivity index (χ1) is 10.5. The molecule has 0 spiro atoms. The molecule has 0 unspecified atom stereocenters. The minimum Gasteiger partial charge on any atom is -0.471 e. The van der Waals surface area contributed by atoms with E-state index in [1.807, 2.05) is 20.8 Å². The third-order valence-electron chi connectivity index (χ3n) is 0.661. The van der Waals surface area contributed by atoms with Crippen LogP contribution in [0.1, 0.15) is 27.7 Å². The van der Waals surface area contributed by atoms with Gasteiger partial charge < -0.3 is 61.8 Å². The molecule has 1 N–H and O–H groups in total. The fourth-order valence-electron chi connectivity index (χ4n) is 0.425. The zero-order valence-corrected chi connectivity index (χ0v) is 17.3. The van der Waals surface area contributed by atoms with E-state index in [0.29, 0.717) is 0 Å². The molecule has 0 radical (unpaired) electrons. The Hall–Kier alpha value is 0.261. The second-order valence-corrected chi connectivity index (χ2v) is 4.42. The van der Waals surface area contributed by atoms with E-state index in [4.69, 9.17) is 4.74 Å². The van der Waals surface area contributed by atoms with Crippen molar-refractivity contribution in [1.29, 1.82) is 0 Å². The summed E-state index contributed by atoms with van der Waals surface area (Å²) in [5, 5.41) is 2.42. The molecular formula is C7H14B3F12KNO2-3. The van der Waals surface area contributed by atoms with E-state index < -0.39 is 33.5 Å². The van der Waals surface area contributed by atoms with Gasteiger partial charge in [0.2, 0.25) is 0 Å². The largest absolute Gasteiger partial charge is 1.00 e. The van der Waals surface area contributed by atoms with Crippen molar-refractivity contribution in [3.63, 3.8) is 0 Å². The molecule has 0 aliphatic carbocycles. The second-order valence-electron chi connectivity index (χ2n) is 4.42. The second kappa shape index (κ2) is 16.2. The molecule has 0 fully saturated rings. The SMILES string of the molecule is C[CH-]NC(=O)OC(C)(C)C.F[B-](F)(F)F.F[B-](F)(F)F.F[B-](F)(F)F.[K+]. The molecule has 0 heterocycles. The monoisotopic (exact) mass is 444 g/mol. The number of carbonyl (C=O) groups excluding carboxylic acids is 1. The van der Waals surface area contributed by atoms with Crippen LogP contribution in [-0.4, -0.2) is 33.5 Å². The first kappa shape index (κ1) is 37.1. The minimum atomic E-state index is -6.00. The Balaban J connectivity index is -0.0000000794. The number of nitrogens with one attached hydrogen (secondary N) is 1. The predicted octanol–water partition coefficient (Wildman–Crippen LogP) is 2.60. The molecule has 0 rings (SSSR count). The van der Waals surface area contributed by atoms with Gasteiger partial charge in [-0.05, 0) is 20.8 Å². The molecule has 19 heteroatoms. The van der Waals surface area contributed by atoms with E-state index in [9.17, 15) is 56.6 Å². The van der Waals surface area contributed by atoms with Crippen LogP contribution in [0.2, 0.25) is 0 Å². The van der Waals surface area contributed by atoms with Crippen molar-refractivity contribution in [3.8, 4) is 0 Å². The van der Waals surface area contributed by atoms with Gasteiger partial charge in [-0.25, -0.2) is 11.3 Å². The molecule has 0 bridgehead atoms.